The molecule has 1 N–H and O–H groups in total. The standard InChI is InChI=1S/C21H28O/c1-3-15-21(22,16-4-2)20(19-13-9-6-10-14-19)17-18-11-7-5-8-12-18/h5-14,20,22H,3-4,15-17H2,1-2H3. The van der Waals surface area contributed by atoms with Gasteiger partial charge < -0.3 is 5.11 Å². The highest BCUT2D eigenvalue weighted by atomic mass is 16.3. The molecule has 0 spiro atoms. The SMILES string of the molecule is CCCC(O)(CCC)C(Cc1ccccc1)c1ccccc1. The Bertz CT molecular complexity index is 526. The summed E-state index contributed by atoms with van der Waals surface area (Å²) in [5.41, 5.74) is 1.92. The van der Waals surface area contributed by atoms with Gasteiger partial charge in [0.1, 0.15) is 0 Å². The summed E-state index contributed by atoms with van der Waals surface area (Å²) in [6.45, 7) is 4.32. The maximum Gasteiger partial charge on any atom is 0.0719 e. The average Bonchev–Trinajstić information content (AvgIpc) is 2.55. The van der Waals surface area contributed by atoms with Gasteiger partial charge in [0, 0.05) is 5.92 Å². The number of rotatable bonds is 8. The van der Waals surface area contributed by atoms with Crippen LogP contribution in [0.1, 0.15) is 56.6 Å². The normalized spacial score (nSPS) is 13.0. The third-order valence-corrected chi connectivity index (χ3v) is 4.50. The Hall–Kier alpha value is -1.60. The van der Waals surface area contributed by atoms with Crippen molar-refractivity contribution in [2.75, 3.05) is 0 Å². The molecule has 0 radical (unpaired) electrons. The quantitative estimate of drug-likeness (QED) is 0.696. The smallest absolute Gasteiger partial charge is 0.0719 e. The molecule has 1 unspecified atom stereocenters. The van der Waals surface area contributed by atoms with Crippen LogP contribution in [0.25, 0.3) is 0 Å². The molecule has 2 aromatic rings. The molecule has 0 heterocycles. The van der Waals surface area contributed by atoms with Crippen molar-refractivity contribution in [3.05, 3.63) is 71.8 Å². The highest BCUT2D eigenvalue weighted by molar-refractivity contribution is 5.27. The van der Waals surface area contributed by atoms with E-state index in [-0.39, 0.29) is 5.92 Å². The second-order valence-corrected chi connectivity index (χ2v) is 6.26. The topological polar surface area (TPSA) is 20.2 Å². The first kappa shape index (κ1) is 16.8. The largest absolute Gasteiger partial charge is 0.389 e. The van der Waals surface area contributed by atoms with Crippen LogP contribution >= 0.6 is 0 Å². The Balaban J connectivity index is 2.36. The van der Waals surface area contributed by atoms with E-state index in [1.165, 1.54) is 11.1 Å². The molecular formula is C21H28O. The van der Waals surface area contributed by atoms with Gasteiger partial charge in [0.25, 0.3) is 0 Å². The summed E-state index contributed by atoms with van der Waals surface area (Å²) in [4.78, 5) is 0. The Morgan fingerprint density at radius 2 is 1.32 bits per heavy atom. The molecule has 2 rings (SSSR count). The van der Waals surface area contributed by atoms with Crippen LogP contribution in [0.15, 0.2) is 60.7 Å². The summed E-state index contributed by atoms with van der Waals surface area (Å²) in [5, 5.41) is 11.4. The molecule has 1 nitrogen and oxygen atoms in total. The summed E-state index contributed by atoms with van der Waals surface area (Å²) in [6.07, 6.45) is 4.62. The molecule has 0 fully saturated rings. The first-order chi connectivity index (χ1) is 10.7. The van der Waals surface area contributed by atoms with Crippen LogP contribution in [0.4, 0.5) is 0 Å². The van der Waals surface area contributed by atoms with Gasteiger partial charge in [-0.25, -0.2) is 0 Å². The van der Waals surface area contributed by atoms with Gasteiger partial charge in [-0.3, -0.25) is 0 Å². The van der Waals surface area contributed by atoms with Crippen molar-refractivity contribution in [1.82, 2.24) is 0 Å². The Labute approximate surface area is 135 Å². The van der Waals surface area contributed by atoms with Crippen LogP contribution in [0, 0.1) is 0 Å². The zero-order chi connectivity index (χ0) is 15.8. The van der Waals surface area contributed by atoms with E-state index in [1.807, 2.05) is 12.1 Å². The number of hydrogen-bond donors (Lipinski definition) is 1. The summed E-state index contributed by atoms with van der Waals surface area (Å²) in [6, 6.07) is 21.0. The number of hydrogen-bond acceptors (Lipinski definition) is 1. The van der Waals surface area contributed by atoms with Gasteiger partial charge in [-0.05, 0) is 30.4 Å². The fourth-order valence-corrected chi connectivity index (χ4v) is 3.49. The predicted octanol–water partition coefficient (Wildman–Crippen LogP) is 5.34. The molecule has 0 aromatic heterocycles. The van der Waals surface area contributed by atoms with E-state index in [1.54, 1.807) is 0 Å². The second-order valence-electron chi connectivity index (χ2n) is 6.26. The Morgan fingerprint density at radius 1 is 0.818 bits per heavy atom. The van der Waals surface area contributed by atoms with Crippen molar-refractivity contribution in [2.24, 2.45) is 0 Å². The first-order valence-electron chi connectivity index (χ1n) is 8.51. The van der Waals surface area contributed by atoms with Gasteiger partial charge >= 0.3 is 0 Å². The minimum atomic E-state index is -0.624. The van der Waals surface area contributed by atoms with E-state index >= 15 is 0 Å². The average molecular weight is 296 g/mol. The highest BCUT2D eigenvalue weighted by Crippen LogP contribution is 2.38. The van der Waals surface area contributed by atoms with Crippen LogP contribution in [0.5, 0.6) is 0 Å². The molecule has 118 valence electrons. The fraction of sp³-hybridized carbons (Fsp3) is 0.429. The van der Waals surface area contributed by atoms with E-state index in [0.717, 1.165) is 32.1 Å². The molecule has 0 saturated carbocycles. The second kappa shape index (κ2) is 8.14. The van der Waals surface area contributed by atoms with Gasteiger partial charge in [0.15, 0.2) is 0 Å². The fourth-order valence-electron chi connectivity index (χ4n) is 3.49. The molecule has 0 aliphatic heterocycles. The lowest BCUT2D eigenvalue weighted by molar-refractivity contribution is -0.00625. The first-order valence-corrected chi connectivity index (χ1v) is 8.51. The molecule has 0 amide bonds. The lowest BCUT2D eigenvalue weighted by Gasteiger charge is -2.37. The third-order valence-electron chi connectivity index (χ3n) is 4.50. The van der Waals surface area contributed by atoms with E-state index in [4.69, 9.17) is 0 Å². The summed E-state index contributed by atoms with van der Waals surface area (Å²) in [5.74, 6) is 0.149. The minimum absolute atomic E-state index is 0.149. The van der Waals surface area contributed by atoms with Crippen LogP contribution < -0.4 is 0 Å². The van der Waals surface area contributed by atoms with Crippen LogP contribution in [0.3, 0.4) is 0 Å². The van der Waals surface area contributed by atoms with Gasteiger partial charge in [0.2, 0.25) is 0 Å². The Morgan fingerprint density at radius 3 is 1.82 bits per heavy atom. The van der Waals surface area contributed by atoms with Gasteiger partial charge in [0.05, 0.1) is 5.60 Å². The molecule has 22 heavy (non-hydrogen) atoms. The monoisotopic (exact) mass is 296 g/mol. The maximum atomic E-state index is 11.4. The minimum Gasteiger partial charge on any atom is -0.389 e. The highest BCUT2D eigenvalue weighted by Gasteiger charge is 2.35. The van der Waals surface area contributed by atoms with Crippen molar-refractivity contribution in [3.8, 4) is 0 Å². The number of benzene rings is 2. The molecular weight excluding hydrogens is 268 g/mol. The molecule has 0 aliphatic rings. The summed E-state index contributed by atoms with van der Waals surface area (Å²) < 4.78 is 0. The van der Waals surface area contributed by atoms with Gasteiger partial charge in [-0.1, -0.05) is 87.4 Å². The summed E-state index contributed by atoms with van der Waals surface area (Å²) in [7, 11) is 0. The molecule has 2 aromatic carbocycles. The Kier molecular flexibility index (Phi) is 6.21. The van der Waals surface area contributed by atoms with Crippen molar-refractivity contribution >= 4 is 0 Å². The predicted molar refractivity (Wildman–Crippen MR) is 94.1 cm³/mol. The lowest BCUT2D eigenvalue weighted by Crippen LogP contribution is -2.37. The van der Waals surface area contributed by atoms with E-state index in [9.17, 15) is 5.11 Å². The molecule has 0 aliphatic carbocycles. The van der Waals surface area contributed by atoms with Crippen molar-refractivity contribution in [2.45, 2.75) is 57.5 Å². The van der Waals surface area contributed by atoms with Gasteiger partial charge in [-0.15, -0.1) is 0 Å². The zero-order valence-corrected chi connectivity index (χ0v) is 13.8. The maximum absolute atomic E-state index is 11.4. The zero-order valence-electron chi connectivity index (χ0n) is 13.8. The number of aliphatic hydroxyl groups is 1. The van der Waals surface area contributed by atoms with Crippen molar-refractivity contribution in [3.63, 3.8) is 0 Å². The van der Waals surface area contributed by atoms with Crippen molar-refractivity contribution in [1.29, 1.82) is 0 Å². The molecule has 1 atom stereocenters. The summed E-state index contributed by atoms with van der Waals surface area (Å²) >= 11 is 0. The van der Waals surface area contributed by atoms with Crippen LogP contribution in [0.2, 0.25) is 0 Å². The molecule has 0 bridgehead atoms. The molecule has 1 heteroatoms. The van der Waals surface area contributed by atoms with Crippen molar-refractivity contribution < 1.29 is 5.11 Å². The third kappa shape index (κ3) is 4.20. The van der Waals surface area contributed by atoms with E-state index < -0.39 is 5.60 Å². The lowest BCUT2D eigenvalue weighted by atomic mass is 9.73. The van der Waals surface area contributed by atoms with E-state index in [2.05, 4.69) is 62.4 Å². The molecule has 0 saturated heterocycles. The van der Waals surface area contributed by atoms with Crippen LogP contribution in [-0.4, -0.2) is 10.7 Å². The van der Waals surface area contributed by atoms with Gasteiger partial charge in [-0.2, -0.15) is 0 Å². The van der Waals surface area contributed by atoms with E-state index in [0.29, 0.717) is 0 Å². The van der Waals surface area contributed by atoms with Crippen LogP contribution in [-0.2, 0) is 6.42 Å².